The fourth-order valence-corrected chi connectivity index (χ4v) is 8.08. The molecule has 5 aromatic rings. The number of pyridine rings is 1. The third-order valence-corrected chi connectivity index (χ3v) is 11.1. The van der Waals surface area contributed by atoms with Gasteiger partial charge in [-0.3, -0.25) is 4.98 Å². The van der Waals surface area contributed by atoms with Crippen molar-refractivity contribution in [2.75, 3.05) is 0 Å². The van der Waals surface area contributed by atoms with Crippen molar-refractivity contribution in [3.63, 3.8) is 0 Å². The number of nitrogens with zero attached hydrogens (tertiary/aromatic N) is 1. The summed E-state index contributed by atoms with van der Waals surface area (Å²) in [4.78, 5) is 4.51. The largest absolute Gasteiger partial charge is 0.256 e. The molecule has 254 valence electrons. The van der Waals surface area contributed by atoms with Gasteiger partial charge in [-0.15, -0.1) is 0 Å². The van der Waals surface area contributed by atoms with E-state index in [0.717, 1.165) is 18.5 Å². The molecule has 0 atom stereocenters. The van der Waals surface area contributed by atoms with Crippen LogP contribution < -0.4 is 0 Å². The van der Waals surface area contributed by atoms with Crippen LogP contribution in [0.3, 0.4) is 0 Å². The summed E-state index contributed by atoms with van der Waals surface area (Å²) in [6, 6.07) is 39.7. The molecule has 0 spiro atoms. The maximum atomic E-state index is 4.51. The number of aryl methyl sites for hydroxylation is 2. The first-order valence-electron chi connectivity index (χ1n) is 19.3. The van der Waals surface area contributed by atoms with E-state index in [1.54, 1.807) is 0 Å². The van der Waals surface area contributed by atoms with Gasteiger partial charge in [0, 0.05) is 17.2 Å². The zero-order chi connectivity index (χ0) is 34.2. The molecule has 1 heterocycles. The average molecular weight is 648 g/mol. The molecular formula is C48H57N. The van der Waals surface area contributed by atoms with Crippen LogP contribution in [0.15, 0.2) is 109 Å². The predicted molar refractivity (Wildman–Crippen MR) is 211 cm³/mol. The number of aromatic nitrogens is 1. The molecule has 4 aromatic carbocycles. The average Bonchev–Trinajstić information content (AvgIpc) is 3.41. The lowest BCUT2D eigenvalue weighted by Gasteiger charge is -2.34. The number of unbranched alkanes of at least 4 members (excludes halogenated alkanes) is 6. The van der Waals surface area contributed by atoms with Crippen LogP contribution in [0.2, 0.25) is 0 Å². The Kier molecular flexibility index (Phi) is 11.5. The molecule has 0 radical (unpaired) electrons. The third-order valence-electron chi connectivity index (χ3n) is 11.1. The molecule has 6 rings (SSSR count). The molecule has 0 amide bonds. The smallest absolute Gasteiger partial charge is 0.0701 e. The Bertz CT molecular complexity index is 1740. The van der Waals surface area contributed by atoms with Gasteiger partial charge in [0.2, 0.25) is 0 Å². The van der Waals surface area contributed by atoms with Crippen molar-refractivity contribution in [2.24, 2.45) is 0 Å². The summed E-state index contributed by atoms with van der Waals surface area (Å²) in [5.41, 5.74) is 15.4. The Balaban J connectivity index is 1.26. The summed E-state index contributed by atoms with van der Waals surface area (Å²) >= 11 is 0. The molecule has 0 bridgehead atoms. The minimum Gasteiger partial charge on any atom is -0.256 e. The maximum Gasteiger partial charge on any atom is 0.0701 e. The van der Waals surface area contributed by atoms with Gasteiger partial charge in [0.05, 0.1) is 5.69 Å². The molecule has 1 heteroatoms. The summed E-state index contributed by atoms with van der Waals surface area (Å²) < 4.78 is 0. The van der Waals surface area contributed by atoms with Crippen LogP contribution in [-0.2, 0) is 18.3 Å². The summed E-state index contributed by atoms with van der Waals surface area (Å²) in [6.45, 7) is 11.7. The molecule has 1 aromatic heterocycles. The Morgan fingerprint density at radius 3 is 1.80 bits per heavy atom. The van der Waals surface area contributed by atoms with Crippen molar-refractivity contribution in [1.29, 1.82) is 0 Å². The predicted octanol–water partition coefficient (Wildman–Crippen LogP) is 13.6. The number of fused-ring (bicyclic) bond motifs is 3. The second-order valence-corrected chi connectivity index (χ2v) is 15.2. The first-order valence-corrected chi connectivity index (χ1v) is 19.3. The first-order chi connectivity index (χ1) is 23.9. The molecule has 0 N–H and O–H groups in total. The molecule has 1 aliphatic carbocycles. The van der Waals surface area contributed by atoms with Gasteiger partial charge in [-0.05, 0) is 106 Å². The lowest BCUT2D eigenvalue weighted by molar-refractivity contribution is 0.510. The van der Waals surface area contributed by atoms with Crippen LogP contribution in [0.4, 0.5) is 0 Å². The molecular weight excluding hydrogens is 591 g/mol. The van der Waals surface area contributed by atoms with Crippen molar-refractivity contribution in [1.82, 2.24) is 4.98 Å². The van der Waals surface area contributed by atoms with Gasteiger partial charge >= 0.3 is 0 Å². The first kappa shape index (κ1) is 34.9. The quantitative estimate of drug-likeness (QED) is 0.0971. The van der Waals surface area contributed by atoms with Crippen LogP contribution in [0.25, 0.3) is 22.4 Å². The molecule has 1 nitrogen and oxygen atoms in total. The van der Waals surface area contributed by atoms with Gasteiger partial charge in [0.1, 0.15) is 0 Å². The monoisotopic (exact) mass is 647 g/mol. The van der Waals surface area contributed by atoms with Crippen LogP contribution in [0.1, 0.15) is 143 Å². The molecule has 0 saturated heterocycles. The van der Waals surface area contributed by atoms with Gasteiger partial charge in [0.15, 0.2) is 0 Å². The van der Waals surface area contributed by atoms with E-state index in [2.05, 4.69) is 137 Å². The molecule has 0 fully saturated rings. The van der Waals surface area contributed by atoms with E-state index in [1.807, 2.05) is 12.3 Å². The minimum atomic E-state index is -0.124. The summed E-state index contributed by atoms with van der Waals surface area (Å²) in [5, 5.41) is 0. The maximum absolute atomic E-state index is 4.51. The van der Waals surface area contributed by atoms with Gasteiger partial charge in [-0.2, -0.15) is 0 Å². The topological polar surface area (TPSA) is 12.9 Å². The van der Waals surface area contributed by atoms with Crippen LogP contribution in [0.5, 0.6) is 0 Å². The highest BCUT2D eigenvalue weighted by molar-refractivity contribution is 5.84. The summed E-state index contributed by atoms with van der Waals surface area (Å²) in [6.07, 6.45) is 15.5. The highest BCUT2D eigenvalue weighted by atomic mass is 14.7. The zero-order valence-corrected chi connectivity index (χ0v) is 30.8. The summed E-state index contributed by atoms with van der Waals surface area (Å²) in [7, 11) is 0. The standard InChI is InChI=1S/C48H57N/c1-6-7-8-11-18-38-19-16-20-42(32-38)48(30-14-10-9-12-17-37-22-24-39(25-23-37)47-21-13-15-31-49-47)45-33-40(35(2)3)26-28-43(45)44-29-27-41(36(4)5)34-46(44)48/h13,15-16,19-29,31-36H,6-12,14,17-18,30H2,1-5H3. The van der Waals surface area contributed by atoms with Crippen LogP contribution in [-0.4, -0.2) is 4.98 Å². The van der Waals surface area contributed by atoms with Gasteiger partial charge < -0.3 is 0 Å². The molecule has 0 unspecified atom stereocenters. The third kappa shape index (κ3) is 7.77. The highest BCUT2D eigenvalue weighted by Crippen LogP contribution is 2.56. The van der Waals surface area contributed by atoms with Crippen LogP contribution >= 0.6 is 0 Å². The lowest BCUT2D eigenvalue weighted by Crippen LogP contribution is -2.27. The van der Waals surface area contributed by atoms with E-state index >= 15 is 0 Å². The number of hydrogen-bond acceptors (Lipinski definition) is 1. The summed E-state index contributed by atoms with van der Waals surface area (Å²) in [5.74, 6) is 1.00. The van der Waals surface area contributed by atoms with Crippen molar-refractivity contribution in [3.05, 3.63) is 148 Å². The highest BCUT2D eigenvalue weighted by Gasteiger charge is 2.44. The van der Waals surface area contributed by atoms with E-state index < -0.39 is 0 Å². The number of benzene rings is 4. The number of rotatable bonds is 16. The zero-order valence-electron chi connectivity index (χ0n) is 30.8. The Morgan fingerprint density at radius 2 is 1.18 bits per heavy atom. The molecule has 0 aliphatic heterocycles. The van der Waals surface area contributed by atoms with Crippen molar-refractivity contribution in [2.45, 2.75) is 122 Å². The normalized spacial score (nSPS) is 13.2. The van der Waals surface area contributed by atoms with Gasteiger partial charge in [0.25, 0.3) is 0 Å². The molecule has 0 saturated carbocycles. The van der Waals surface area contributed by atoms with E-state index in [0.29, 0.717) is 11.8 Å². The number of hydrogen-bond donors (Lipinski definition) is 0. The van der Waals surface area contributed by atoms with Gasteiger partial charge in [-0.25, -0.2) is 0 Å². The van der Waals surface area contributed by atoms with Crippen molar-refractivity contribution >= 4 is 0 Å². The van der Waals surface area contributed by atoms with Crippen molar-refractivity contribution in [3.8, 4) is 22.4 Å². The lowest BCUT2D eigenvalue weighted by atomic mass is 9.68. The van der Waals surface area contributed by atoms with E-state index in [4.69, 9.17) is 0 Å². The Labute approximate surface area is 297 Å². The Morgan fingerprint density at radius 1 is 0.551 bits per heavy atom. The molecule has 1 aliphatic rings. The van der Waals surface area contributed by atoms with E-state index in [-0.39, 0.29) is 5.41 Å². The van der Waals surface area contributed by atoms with E-state index in [9.17, 15) is 0 Å². The second kappa shape index (κ2) is 16.2. The minimum absolute atomic E-state index is 0.124. The van der Waals surface area contributed by atoms with Gasteiger partial charge in [-0.1, -0.05) is 164 Å². The fraction of sp³-hybridized carbons (Fsp3) is 0.396. The van der Waals surface area contributed by atoms with Crippen molar-refractivity contribution < 1.29 is 0 Å². The SMILES string of the molecule is CCCCCCc1cccc(C2(CCCCCCc3ccc(-c4ccccn4)cc3)c3cc(C(C)C)ccc3-c3ccc(C(C)C)cc32)c1. The van der Waals surface area contributed by atoms with E-state index in [1.165, 1.54) is 113 Å². The van der Waals surface area contributed by atoms with Crippen LogP contribution in [0, 0.1) is 0 Å². The molecule has 49 heavy (non-hydrogen) atoms. The fourth-order valence-electron chi connectivity index (χ4n) is 8.08. The second-order valence-electron chi connectivity index (χ2n) is 15.2. The Hall–Kier alpha value is -3.97.